The average Bonchev–Trinajstić information content (AvgIpc) is 2.98. The number of para-hydroxylation sites is 1. The molecule has 0 amide bonds. The Morgan fingerprint density at radius 1 is 1.25 bits per heavy atom. The van der Waals surface area contributed by atoms with E-state index in [1.165, 1.54) is 0 Å². The second-order valence-electron chi connectivity index (χ2n) is 4.57. The van der Waals surface area contributed by atoms with Gasteiger partial charge in [-0.3, -0.25) is 0 Å². The SMILES string of the molecule is CCCNC(CSCC)c1cnnn1-c1ccccc1. The van der Waals surface area contributed by atoms with E-state index in [9.17, 15) is 0 Å². The summed E-state index contributed by atoms with van der Waals surface area (Å²) in [5.74, 6) is 2.16. The summed E-state index contributed by atoms with van der Waals surface area (Å²) < 4.78 is 1.93. The fourth-order valence-corrected chi connectivity index (χ4v) is 2.81. The number of thioether (sulfide) groups is 1. The minimum absolute atomic E-state index is 0.287. The van der Waals surface area contributed by atoms with E-state index in [1.807, 2.05) is 40.8 Å². The van der Waals surface area contributed by atoms with Crippen molar-refractivity contribution >= 4 is 11.8 Å². The average molecular weight is 290 g/mol. The van der Waals surface area contributed by atoms with Crippen LogP contribution in [0.15, 0.2) is 36.5 Å². The molecule has 0 saturated carbocycles. The number of nitrogens with one attached hydrogen (secondary N) is 1. The zero-order chi connectivity index (χ0) is 14.2. The zero-order valence-electron chi connectivity index (χ0n) is 12.1. The molecule has 1 aromatic carbocycles. The van der Waals surface area contributed by atoms with Crippen LogP contribution >= 0.6 is 11.8 Å². The lowest BCUT2D eigenvalue weighted by Crippen LogP contribution is -2.26. The first-order chi connectivity index (χ1) is 9.86. The normalized spacial score (nSPS) is 12.5. The maximum absolute atomic E-state index is 4.24. The van der Waals surface area contributed by atoms with E-state index >= 15 is 0 Å². The van der Waals surface area contributed by atoms with Gasteiger partial charge in [0.1, 0.15) is 0 Å². The lowest BCUT2D eigenvalue weighted by Gasteiger charge is -2.18. The highest BCUT2D eigenvalue weighted by Gasteiger charge is 2.17. The van der Waals surface area contributed by atoms with Gasteiger partial charge in [0.2, 0.25) is 0 Å². The van der Waals surface area contributed by atoms with Gasteiger partial charge >= 0.3 is 0 Å². The monoisotopic (exact) mass is 290 g/mol. The molecule has 0 fully saturated rings. The predicted molar refractivity (Wildman–Crippen MR) is 85.4 cm³/mol. The molecule has 0 aliphatic carbocycles. The second-order valence-corrected chi connectivity index (χ2v) is 5.89. The molecule has 0 saturated heterocycles. The molecule has 1 heterocycles. The minimum atomic E-state index is 0.287. The van der Waals surface area contributed by atoms with Crippen LogP contribution in [0.1, 0.15) is 32.0 Å². The Balaban J connectivity index is 2.22. The van der Waals surface area contributed by atoms with Crippen LogP contribution in [0.2, 0.25) is 0 Å². The van der Waals surface area contributed by atoms with Gasteiger partial charge in [-0.25, -0.2) is 4.68 Å². The molecule has 108 valence electrons. The van der Waals surface area contributed by atoms with E-state index in [-0.39, 0.29) is 6.04 Å². The quantitative estimate of drug-likeness (QED) is 0.811. The van der Waals surface area contributed by atoms with Gasteiger partial charge in [0.05, 0.1) is 23.6 Å². The van der Waals surface area contributed by atoms with E-state index in [0.717, 1.165) is 35.9 Å². The predicted octanol–water partition coefficient (Wildman–Crippen LogP) is 3.06. The van der Waals surface area contributed by atoms with E-state index < -0.39 is 0 Å². The summed E-state index contributed by atoms with van der Waals surface area (Å²) in [7, 11) is 0. The summed E-state index contributed by atoms with van der Waals surface area (Å²) in [6, 6.07) is 10.5. The number of nitrogens with zero attached hydrogens (tertiary/aromatic N) is 3. The molecule has 0 radical (unpaired) electrons. The summed E-state index contributed by atoms with van der Waals surface area (Å²) in [4.78, 5) is 0. The molecule has 20 heavy (non-hydrogen) atoms. The van der Waals surface area contributed by atoms with Crippen molar-refractivity contribution in [1.29, 1.82) is 0 Å². The Bertz CT molecular complexity index is 490. The second kappa shape index (κ2) is 8.07. The first kappa shape index (κ1) is 15.1. The van der Waals surface area contributed by atoms with E-state index in [4.69, 9.17) is 0 Å². The Labute approximate surface area is 125 Å². The summed E-state index contributed by atoms with van der Waals surface area (Å²) in [5, 5.41) is 11.9. The van der Waals surface area contributed by atoms with E-state index in [0.29, 0.717) is 0 Å². The molecule has 1 aromatic heterocycles. The molecule has 1 atom stereocenters. The maximum atomic E-state index is 4.24. The van der Waals surface area contributed by atoms with Gasteiger partial charge in [0.25, 0.3) is 0 Å². The maximum Gasteiger partial charge on any atom is 0.0823 e. The summed E-state index contributed by atoms with van der Waals surface area (Å²) >= 11 is 1.94. The van der Waals surface area contributed by atoms with E-state index in [1.54, 1.807) is 0 Å². The fourth-order valence-electron chi connectivity index (χ4n) is 2.05. The molecule has 0 aliphatic rings. The molecule has 0 spiro atoms. The molecule has 2 aromatic rings. The minimum Gasteiger partial charge on any atom is -0.308 e. The molecule has 4 nitrogen and oxygen atoms in total. The van der Waals surface area contributed by atoms with Crippen molar-refractivity contribution < 1.29 is 0 Å². The summed E-state index contributed by atoms with van der Waals surface area (Å²) in [6.07, 6.45) is 3.00. The molecular weight excluding hydrogens is 268 g/mol. The molecule has 5 heteroatoms. The highest BCUT2D eigenvalue weighted by molar-refractivity contribution is 7.99. The van der Waals surface area contributed by atoms with Crippen LogP contribution in [-0.2, 0) is 0 Å². The topological polar surface area (TPSA) is 42.7 Å². The molecule has 0 aliphatic heterocycles. The molecule has 2 rings (SSSR count). The Morgan fingerprint density at radius 2 is 2.05 bits per heavy atom. The Morgan fingerprint density at radius 3 is 2.75 bits per heavy atom. The standard InChI is InChI=1S/C15H22N4S/c1-3-10-16-14(12-20-4-2)15-11-17-18-19(15)13-8-6-5-7-9-13/h5-9,11,14,16H,3-4,10,12H2,1-2H3. The van der Waals surface area contributed by atoms with Crippen molar-refractivity contribution in [3.8, 4) is 5.69 Å². The number of aromatic nitrogens is 3. The van der Waals surface area contributed by atoms with Crippen LogP contribution in [-0.4, -0.2) is 33.0 Å². The Kier molecular flexibility index (Phi) is 6.08. The molecule has 1 unspecified atom stereocenters. The van der Waals surface area contributed by atoms with Gasteiger partial charge in [0.15, 0.2) is 0 Å². The third-order valence-corrected chi connectivity index (χ3v) is 4.04. The Hall–Kier alpha value is -1.33. The number of hydrogen-bond acceptors (Lipinski definition) is 4. The van der Waals surface area contributed by atoms with Crippen molar-refractivity contribution in [2.75, 3.05) is 18.1 Å². The fraction of sp³-hybridized carbons (Fsp3) is 0.467. The largest absolute Gasteiger partial charge is 0.308 e. The molecular formula is C15H22N4S. The van der Waals surface area contributed by atoms with Crippen LogP contribution in [0.4, 0.5) is 0 Å². The van der Waals surface area contributed by atoms with Gasteiger partial charge in [-0.05, 0) is 30.9 Å². The van der Waals surface area contributed by atoms with Crippen LogP contribution in [0.5, 0.6) is 0 Å². The highest BCUT2D eigenvalue weighted by Crippen LogP contribution is 2.20. The van der Waals surface area contributed by atoms with E-state index in [2.05, 4.69) is 41.6 Å². The van der Waals surface area contributed by atoms with Crippen molar-refractivity contribution in [3.05, 3.63) is 42.2 Å². The van der Waals surface area contributed by atoms with Gasteiger partial charge < -0.3 is 5.32 Å². The zero-order valence-corrected chi connectivity index (χ0v) is 12.9. The summed E-state index contributed by atoms with van der Waals surface area (Å²) in [5.41, 5.74) is 2.19. The van der Waals surface area contributed by atoms with Gasteiger partial charge in [-0.1, -0.05) is 37.3 Å². The van der Waals surface area contributed by atoms with Gasteiger partial charge in [-0.15, -0.1) is 5.10 Å². The lowest BCUT2D eigenvalue weighted by molar-refractivity contribution is 0.549. The summed E-state index contributed by atoms with van der Waals surface area (Å²) in [6.45, 7) is 5.38. The third-order valence-electron chi connectivity index (χ3n) is 3.06. The van der Waals surface area contributed by atoms with Crippen LogP contribution in [0, 0.1) is 0 Å². The third kappa shape index (κ3) is 3.84. The lowest BCUT2D eigenvalue weighted by atomic mass is 10.2. The number of rotatable bonds is 8. The smallest absolute Gasteiger partial charge is 0.0823 e. The number of hydrogen-bond donors (Lipinski definition) is 1. The van der Waals surface area contributed by atoms with Crippen LogP contribution in [0.3, 0.4) is 0 Å². The molecule has 1 N–H and O–H groups in total. The van der Waals surface area contributed by atoms with Crippen molar-refractivity contribution in [3.63, 3.8) is 0 Å². The van der Waals surface area contributed by atoms with Gasteiger partial charge in [-0.2, -0.15) is 11.8 Å². The highest BCUT2D eigenvalue weighted by atomic mass is 32.2. The van der Waals surface area contributed by atoms with Gasteiger partial charge in [0, 0.05) is 5.75 Å². The van der Waals surface area contributed by atoms with Crippen molar-refractivity contribution in [2.45, 2.75) is 26.3 Å². The first-order valence-electron chi connectivity index (χ1n) is 7.14. The van der Waals surface area contributed by atoms with Crippen LogP contribution in [0.25, 0.3) is 5.69 Å². The van der Waals surface area contributed by atoms with Crippen LogP contribution < -0.4 is 5.32 Å². The van der Waals surface area contributed by atoms with Crippen molar-refractivity contribution in [1.82, 2.24) is 20.3 Å². The van der Waals surface area contributed by atoms with Crippen molar-refractivity contribution in [2.24, 2.45) is 0 Å². The first-order valence-corrected chi connectivity index (χ1v) is 8.29. The molecule has 0 bridgehead atoms. The number of benzene rings is 1.